The summed E-state index contributed by atoms with van der Waals surface area (Å²) < 4.78 is 0. The summed E-state index contributed by atoms with van der Waals surface area (Å²) >= 11 is 1.87. The molecule has 46 heavy (non-hydrogen) atoms. The number of nitrogens with zero attached hydrogens (tertiary/aromatic N) is 1. The average molecular weight is 630 g/mol. The van der Waals surface area contributed by atoms with Crippen molar-refractivity contribution in [3.63, 3.8) is 0 Å². The molecule has 238 valence electrons. The van der Waals surface area contributed by atoms with Crippen molar-refractivity contribution in [2.75, 3.05) is 27.8 Å². The van der Waals surface area contributed by atoms with E-state index >= 15 is 0 Å². The van der Waals surface area contributed by atoms with Gasteiger partial charge in [-0.2, -0.15) is 0 Å². The third kappa shape index (κ3) is 8.67. The largest absolute Gasteiger partial charge is 0.507 e. The van der Waals surface area contributed by atoms with Gasteiger partial charge in [0, 0.05) is 56.7 Å². The molecule has 0 aliphatic heterocycles. The number of rotatable bonds is 11. The van der Waals surface area contributed by atoms with Crippen LogP contribution in [0.3, 0.4) is 0 Å². The summed E-state index contributed by atoms with van der Waals surface area (Å²) in [6, 6.07) is 42.2. The Hall–Kier alpha value is -4.35. The number of aromatic hydroxyl groups is 1. The second-order valence-electron chi connectivity index (χ2n) is 13.8. The molecule has 0 amide bonds. The van der Waals surface area contributed by atoms with Crippen LogP contribution in [0, 0.1) is 0 Å². The number of thioether (sulfide) groups is 1. The standard InChI is InChI=1S/C41H47N3OS/c1-40(2,3)37-28-36(29-38(39(37)45)41(4,5)6)46-27-13-26-44(34-16-11-8-12-17-34)35-24-22-33(23-25-35)43-32-20-18-31(19-21-32)42-30-14-9-7-10-15-30/h7-12,14-25,28-29,42-43,45H,13,26-27H2,1-6H3. The van der Waals surface area contributed by atoms with Crippen molar-refractivity contribution in [3.8, 4) is 5.75 Å². The molecule has 0 bridgehead atoms. The first-order valence-electron chi connectivity index (χ1n) is 16.1. The van der Waals surface area contributed by atoms with E-state index in [2.05, 4.69) is 160 Å². The Morgan fingerprint density at radius 2 is 0.978 bits per heavy atom. The summed E-state index contributed by atoms with van der Waals surface area (Å²) in [5.74, 6) is 1.42. The Labute approximate surface area is 279 Å². The molecule has 0 aliphatic carbocycles. The van der Waals surface area contributed by atoms with E-state index < -0.39 is 0 Å². The van der Waals surface area contributed by atoms with Crippen LogP contribution in [-0.4, -0.2) is 17.4 Å². The summed E-state index contributed by atoms with van der Waals surface area (Å²) in [6.07, 6.45) is 1.01. The maximum Gasteiger partial charge on any atom is 0.123 e. The van der Waals surface area contributed by atoms with Crippen molar-refractivity contribution in [3.05, 3.63) is 132 Å². The molecule has 0 unspecified atom stereocenters. The Balaban J connectivity index is 1.24. The Bertz CT molecular complexity index is 1650. The van der Waals surface area contributed by atoms with E-state index in [1.165, 1.54) is 16.3 Å². The molecule has 4 nitrogen and oxygen atoms in total. The Morgan fingerprint density at radius 1 is 0.565 bits per heavy atom. The van der Waals surface area contributed by atoms with E-state index in [9.17, 15) is 5.11 Å². The highest BCUT2D eigenvalue weighted by atomic mass is 32.2. The van der Waals surface area contributed by atoms with E-state index in [-0.39, 0.29) is 10.8 Å². The molecule has 0 saturated carbocycles. The van der Waals surface area contributed by atoms with Gasteiger partial charge >= 0.3 is 0 Å². The van der Waals surface area contributed by atoms with Gasteiger partial charge < -0.3 is 20.6 Å². The van der Waals surface area contributed by atoms with Gasteiger partial charge in [-0.25, -0.2) is 0 Å². The van der Waals surface area contributed by atoms with Crippen molar-refractivity contribution in [1.29, 1.82) is 0 Å². The molecule has 0 spiro atoms. The number of benzene rings is 5. The maximum atomic E-state index is 11.1. The zero-order valence-electron chi connectivity index (χ0n) is 28.0. The number of phenolic OH excluding ortho intramolecular Hbond substituents is 1. The molecule has 5 heteroatoms. The lowest BCUT2D eigenvalue weighted by Gasteiger charge is -2.28. The van der Waals surface area contributed by atoms with E-state index in [0.29, 0.717) is 5.75 Å². The minimum atomic E-state index is -0.130. The fourth-order valence-corrected chi connectivity index (χ4v) is 6.39. The highest BCUT2D eigenvalue weighted by molar-refractivity contribution is 7.99. The monoisotopic (exact) mass is 629 g/mol. The van der Waals surface area contributed by atoms with Crippen LogP contribution in [0.5, 0.6) is 5.75 Å². The van der Waals surface area contributed by atoms with Gasteiger partial charge in [-0.3, -0.25) is 0 Å². The van der Waals surface area contributed by atoms with Gasteiger partial charge in [0.1, 0.15) is 5.75 Å². The lowest BCUT2D eigenvalue weighted by Crippen LogP contribution is -2.19. The molecule has 0 atom stereocenters. The van der Waals surface area contributed by atoms with Gasteiger partial charge in [-0.05, 0) is 108 Å². The lowest BCUT2D eigenvalue weighted by atomic mass is 9.79. The third-order valence-corrected chi connectivity index (χ3v) is 9.04. The molecule has 0 fully saturated rings. The number of anilines is 6. The molecule has 0 aliphatic rings. The second kappa shape index (κ2) is 14.4. The Kier molecular flexibility index (Phi) is 10.3. The molecule has 0 saturated heterocycles. The summed E-state index contributed by atoms with van der Waals surface area (Å²) in [5, 5.41) is 18.1. The van der Waals surface area contributed by atoms with Crippen molar-refractivity contribution in [1.82, 2.24) is 0 Å². The third-order valence-electron chi connectivity index (χ3n) is 7.98. The lowest BCUT2D eigenvalue weighted by molar-refractivity contribution is 0.422. The highest BCUT2D eigenvalue weighted by Gasteiger charge is 2.26. The smallest absolute Gasteiger partial charge is 0.123 e. The van der Waals surface area contributed by atoms with E-state index in [1.54, 1.807) is 0 Å². The predicted molar refractivity (Wildman–Crippen MR) is 200 cm³/mol. The minimum absolute atomic E-state index is 0.130. The molecule has 0 aromatic heterocycles. The molecule has 0 radical (unpaired) electrons. The molecule has 5 aromatic carbocycles. The van der Waals surface area contributed by atoms with Crippen LogP contribution in [-0.2, 0) is 10.8 Å². The van der Waals surface area contributed by atoms with Gasteiger partial charge in [-0.15, -0.1) is 11.8 Å². The zero-order chi connectivity index (χ0) is 32.7. The number of para-hydroxylation sites is 2. The van der Waals surface area contributed by atoms with Crippen LogP contribution in [0.15, 0.2) is 126 Å². The van der Waals surface area contributed by atoms with Gasteiger partial charge in [0.05, 0.1) is 0 Å². The van der Waals surface area contributed by atoms with Gasteiger partial charge in [0.2, 0.25) is 0 Å². The number of phenols is 1. The van der Waals surface area contributed by atoms with Gasteiger partial charge in [-0.1, -0.05) is 77.9 Å². The molecule has 5 aromatic rings. The maximum absolute atomic E-state index is 11.1. The van der Waals surface area contributed by atoms with Crippen LogP contribution in [0.4, 0.5) is 34.1 Å². The predicted octanol–water partition coefficient (Wildman–Crippen LogP) is 11.8. The summed E-state index contributed by atoms with van der Waals surface area (Å²) in [4.78, 5) is 3.62. The zero-order valence-corrected chi connectivity index (χ0v) is 28.8. The van der Waals surface area contributed by atoms with Crippen molar-refractivity contribution in [2.24, 2.45) is 0 Å². The fourth-order valence-electron chi connectivity index (χ4n) is 5.48. The van der Waals surface area contributed by atoms with Crippen LogP contribution in [0.25, 0.3) is 0 Å². The van der Waals surface area contributed by atoms with E-state index in [1.807, 2.05) is 30.0 Å². The molecular weight excluding hydrogens is 583 g/mol. The first-order valence-corrected chi connectivity index (χ1v) is 17.1. The molecule has 0 heterocycles. The summed E-state index contributed by atoms with van der Waals surface area (Å²) in [7, 11) is 0. The minimum Gasteiger partial charge on any atom is -0.507 e. The normalized spacial score (nSPS) is 11.7. The van der Waals surface area contributed by atoms with Crippen molar-refractivity contribution < 1.29 is 5.11 Å². The molecule has 3 N–H and O–H groups in total. The number of hydrogen-bond donors (Lipinski definition) is 3. The molecule has 5 rings (SSSR count). The van der Waals surface area contributed by atoms with Crippen LogP contribution in [0.2, 0.25) is 0 Å². The number of nitrogens with one attached hydrogen (secondary N) is 2. The summed E-state index contributed by atoms with van der Waals surface area (Å²) in [6.45, 7) is 13.9. The first-order chi connectivity index (χ1) is 22.0. The Morgan fingerprint density at radius 3 is 1.46 bits per heavy atom. The van der Waals surface area contributed by atoms with Crippen molar-refractivity contribution >= 4 is 45.9 Å². The summed E-state index contributed by atoms with van der Waals surface area (Å²) in [5.41, 5.74) is 8.34. The van der Waals surface area contributed by atoms with Crippen LogP contribution in [0.1, 0.15) is 59.1 Å². The average Bonchev–Trinajstić information content (AvgIpc) is 3.03. The van der Waals surface area contributed by atoms with Crippen molar-refractivity contribution in [2.45, 2.75) is 63.7 Å². The fraction of sp³-hybridized carbons (Fsp3) is 0.268. The quantitative estimate of drug-likeness (QED) is 0.100. The van der Waals surface area contributed by atoms with Crippen LogP contribution >= 0.6 is 11.8 Å². The van der Waals surface area contributed by atoms with E-state index in [0.717, 1.165) is 52.6 Å². The number of hydrogen-bond acceptors (Lipinski definition) is 5. The van der Waals surface area contributed by atoms with E-state index in [4.69, 9.17) is 0 Å². The van der Waals surface area contributed by atoms with Gasteiger partial charge in [0.25, 0.3) is 0 Å². The van der Waals surface area contributed by atoms with Gasteiger partial charge in [0.15, 0.2) is 0 Å². The SMILES string of the molecule is CC(C)(C)c1cc(SCCCN(c2ccccc2)c2ccc(Nc3ccc(Nc4ccccc4)cc3)cc2)cc(C(C)(C)C)c1O. The first kappa shape index (κ1) is 33.0. The highest BCUT2D eigenvalue weighted by Crippen LogP contribution is 2.42. The topological polar surface area (TPSA) is 47.5 Å². The second-order valence-corrected chi connectivity index (χ2v) is 15.0. The van der Waals surface area contributed by atoms with Crippen LogP contribution < -0.4 is 15.5 Å². The molecular formula is C41H47N3OS.